The first-order chi connectivity index (χ1) is 16.8. The number of nitrogens with zero attached hydrogens (tertiary/aromatic N) is 3. The number of benzene rings is 2. The zero-order valence-electron chi connectivity index (χ0n) is 19.3. The molecule has 1 aliphatic carbocycles. The fourth-order valence-corrected chi connectivity index (χ4v) is 4.79. The number of anilines is 1. The van der Waals surface area contributed by atoms with E-state index in [1.54, 1.807) is 23.2 Å². The number of ketones is 1. The van der Waals surface area contributed by atoms with Gasteiger partial charge in [-0.2, -0.15) is 0 Å². The van der Waals surface area contributed by atoms with Crippen LogP contribution in [0.15, 0.2) is 57.9 Å². The Bertz CT molecular complexity index is 1400. The summed E-state index contributed by atoms with van der Waals surface area (Å²) in [7, 11) is 0. The highest BCUT2D eigenvalue weighted by Crippen LogP contribution is 2.38. The van der Waals surface area contributed by atoms with E-state index in [4.69, 9.17) is 0 Å². The van der Waals surface area contributed by atoms with E-state index in [1.807, 2.05) is 33.7 Å². The molecule has 0 spiro atoms. The van der Waals surface area contributed by atoms with Crippen molar-refractivity contribution in [2.24, 2.45) is 0 Å². The molecule has 1 amide bonds. The zero-order valence-corrected chi connectivity index (χ0v) is 20.9. The number of amides is 1. The molecule has 8 heteroatoms. The largest absolute Gasteiger partial charge is 0.366 e. The number of halogens is 2. The van der Waals surface area contributed by atoms with Gasteiger partial charge >= 0.3 is 0 Å². The highest BCUT2D eigenvalue weighted by Gasteiger charge is 2.28. The number of hydrogen-bond acceptors (Lipinski definition) is 4. The maximum absolute atomic E-state index is 15.2. The van der Waals surface area contributed by atoms with Crippen LogP contribution in [-0.2, 0) is 4.79 Å². The number of aromatic nitrogens is 1. The summed E-state index contributed by atoms with van der Waals surface area (Å²) < 4.78 is 18.1. The number of piperazine rings is 1. The predicted molar refractivity (Wildman–Crippen MR) is 138 cm³/mol. The maximum atomic E-state index is 15.2. The van der Waals surface area contributed by atoms with Gasteiger partial charge in [-0.3, -0.25) is 14.4 Å². The second-order valence-electron chi connectivity index (χ2n) is 9.07. The van der Waals surface area contributed by atoms with Crippen molar-refractivity contribution in [1.82, 2.24) is 9.47 Å². The van der Waals surface area contributed by atoms with Crippen molar-refractivity contribution in [3.8, 4) is 0 Å². The molecule has 2 aliphatic rings. The maximum Gasteiger partial charge on any atom is 0.219 e. The molecule has 2 heterocycles. The third-order valence-corrected chi connectivity index (χ3v) is 7.20. The van der Waals surface area contributed by atoms with Gasteiger partial charge in [0.2, 0.25) is 11.3 Å². The number of fused-ring (bicyclic) bond motifs is 1. The molecule has 35 heavy (non-hydrogen) atoms. The molecule has 2 aromatic carbocycles. The van der Waals surface area contributed by atoms with E-state index in [0.29, 0.717) is 37.4 Å². The molecule has 1 saturated heterocycles. The summed E-state index contributed by atoms with van der Waals surface area (Å²) in [5.74, 6) is -0.889. The van der Waals surface area contributed by atoms with Gasteiger partial charge in [0.05, 0.1) is 16.8 Å². The van der Waals surface area contributed by atoms with Crippen molar-refractivity contribution in [3.05, 3.63) is 80.3 Å². The van der Waals surface area contributed by atoms with E-state index in [1.165, 1.54) is 19.1 Å². The molecule has 1 aliphatic heterocycles. The van der Waals surface area contributed by atoms with Crippen LogP contribution in [0.1, 0.15) is 41.7 Å². The van der Waals surface area contributed by atoms with E-state index in [9.17, 15) is 14.4 Å². The highest BCUT2D eigenvalue weighted by molar-refractivity contribution is 9.10. The summed E-state index contributed by atoms with van der Waals surface area (Å²) in [5, 5.41) is 0.211. The molecular formula is C27H25BrFN3O3. The molecule has 0 N–H and O–H groups in total. The Morgan fingerprint density at radius 1 is 1.06 bits per heavy atom. The Kier molecular flexibility index (Phi) is 6.32. The summed E-state index contributed by atoms with van der Waals surface area (Å²) in [6.07, 6.45) is 6.59. The van der Waals surface area contributed by atoms with Crippen molar-refractivity contribution in [1.29, 1.82) is 0 Å². The average molecular weight is 538 g/mol. The lowest BCUT2D eigenvalue weighted by atomic mass is 10.1. The smallest absolute Gasteiger partial charge is 0.219 e. The van der Waals surface area contributed by atoms with Gasteiger partial charge in [0.25, 0.3) is 0 Å². The van der Waals surface area contributed by atoms with E-state index in [-0.39, 0.29) is 22.9 Å². The van der Waals surface area contributed by atoms with Crippen molar-refractivity contribution in [2.45, 2.75) is 25.8 Å². The molecular weight excluding hydrogens is 513 g/mol. The monoisotopic (exact) mass is 537 g/mol. The number of rotatable bonds is 5. The number of allylic oxidation sites excluding steroid dienone is 1. The Labute approximate surface area is 210 Å². The Morgan fingerprint density at radius 3 is 2.37 bits per heavy atom. The van der Waals surface area contributed by atoms with Crippen LogP contribution in [0.25, 0.3) is 17.0 Å². The lowest BCUT2D eigenvalue weighted by molar-refractivity contribution is -0.129. The molecule has 0 atom stereocenters. The topological polar surface area (TPSA) is 62.6 Å². The third kappa shape index (κ3) is 4.80. The average Bonchev–Trinajstić information content (AvgIpc) is 3.69. The number of carbonyl (C=O) groups is 2. The zero-order chi connectivity index (χ0) is 24.7. The van der Waals surface area contributed by atoms with Gasteiger partial charge in [0.1, 0.15) is 5.82 Å². The Balaban J connectivity index is 1.51. The molecule has 180 valence electrons. The lowest BCUT2D eigenvalue weighted by Gasteiger charge is -2.36. The molecule has 6 nitrogen and oxygen atoms in total. The van der Waals surface area contributed by atoms with Crippen LogP contribution >= 0.6 is 15.9 Å². The lowest BCUT2D eigenvalue weighted by Crippen LogP contribution is -2.48. The van der Waals surface area contributed by atoms with Crippen molar-refractivity contribution in [3.63, 3.8) is 0 Å². The van der Waals surface area contributed by atoms with Gasteiger partial charge in [-0.05, 0) is 48.7 Å². The molecule has 0 bridgehead atoms. The van der Waals surface area contributed by atoms with Crippen molar-refractivity contribution in [2.75, 3.05) is 31.1 Å². The minimum Gasteiger partial charge on any atom is -0.366 e. The first-order valence-electron chi connectivity index (χ1n) is 11.7. The van der Waals surface area contributed by atoms with Gasteiger partial charge in [-0.15, -0.1) is 0 Å². The minimum atomic E-state index is -0.497. The SMILES string of the molecule is CC(=O)N1CCN(c2cc3c(cc2F)c(=O)c(C(=O)/C=C/c2ccc(Br)cc2)cn3C2CC2)CC1. The fourth-order valence-electron chi connectivity index (χ4n) is 4.53. The molecule has 3 aromatic rings. The number of pyridine rings is 1. The second-order valence-corrected chi connectivity index (χ2v) is 9.99. The Morgan fingerprint density at radius 2 is 1.74 bits per heavy atom. The van der Waals surface area contributed by atoms with Crippen molar-refractivity contribution < 1.29 is 14.0 Å². The van der Waals surface area contributed by atoms with Gasteiger partial charge in [0.15, 0.2) is 5.78 Å². The van der Waals surface area contributed by atoms with Crippen LogP contribution < -0.4 is 10.3 Å². The first kappa shape index (κ1) is 23.5. The summed E-state index contributed by atoms with van der Waals surface area (Å²) in [5.41, 5.74) is 1.47. The quantitative estimate of drug-likeness (QED) is 0.346. The van der Waals surface area contributed by atoms with Gasteiger partial charge in [0, 0.05) is 55.2 Å². The van der Waals surface area contributed by atoms with Crippen LogP contribution in [0, 0.1) is 5.82 Å². The first-order valence-corrected chi connectivity index (χ1v) is 12.5. The second kappa shape index (κ2) is 9.41. The summed E-state index contributed by atoms with van der Waals surface area (Å²) >= 11 is 3.38. The summed E-state index contributed by atoms with van der Waals surface area (Å²) in [6.45, 7) is 3.63. The molecule has 1 saturated carbocycles. The van der Waals surface area contributed by atoms with E-state index in [0.717, 1.165) is 22.9 Å². The molecule has 0 radical (unpaired) electrons. The van der Waals surface area contributed by atoms with Gasteiger partial charge in [-0.1, -0.05) is 34.1 Å². The molecule has 0 unspecified atom stereocenters. The fraction of sp³-hybridized carbons (Fsp3) is 0.296. The molecule has 5 rings (SSSR count). The number of hydrogen-bond donors (Lipinski definition) is 0. The van der Waals surface area contributed by atoms with Crippen LogP contribution in [0.2, 0.25) is 0 Å². The van der Waals surface area contributed by atoms with Crippen molar-refractivity contribution >= 4 is 50.3 Å². The predicted octanol–water partition coefficient (Wildman–Crippen LogP) is 4.80. The Hall–Kier alpha value is -3.26. The van der Waals surface area contributed by atoms with Crippen LogP contribution in [0.3, 0.4) is 0 Å². The standard InChI is InChI=1S/C27H25BrFN3O3/c1-17(33)30-10-12-31(13-11-30)25-15-24-21(14-23(25)29)27(35)22(16-32(24)20-7-8-20)26(34)9-4-18-2-5-19(28)6-3-18/h2-6,9,14-16,20H,7-8,10-13H2,1H3/b9-4+. The van der Waals surface area contributed by atoms with Crippen LogP contribution in [-0.4, -0.2) is 47.3 Å². The highest BCUT2D eigenvalue weighted by atomic mass is 79.9. The van der Waals surface area contributed by atoms with Crippen LogP contribution in [0.4, 0.5) is 10.1 Å². The summed E-state index contributed by atoms with van der Waals surface area (Å²) in [4.78, 5) is 41.6. The van der Waals surface area contributed by atoms with Crippen LogP contribution in [0.5, 0.6) is 0 Å². The third-order valence-electron chi connectivity index (χ3n) is 6.67. The van der Waals surface area contributed by atoms with Gasteiger partial charge in [-0.25, -0.2) is 4.39 Å². The minimum absolute atomic E-state index is 0.0117. The van der Waals surface area contributed by atoms with E-state index < -0.39 is 17.0 Å². The summed E-state index contributed by atoms with van der Waals surface area (Å²) in [6, 6.07) is 10.7. The number of carbonyl (C=O) groups excluding carboxylic acids is 2. The van der Waals surface area contributed by atoms with E-state index >= 15 is 4.39 Å². The van der Waals surface area contributed by atoms with E-state index in [2.05, 4.69) is 15.9 Å². The normalized spacial score (nSPS) is 16.3. The molecule has 1 aromatic heterocycles. The molecule has 2 fully saturated rings. The van der Waals surface area contributed by atoms with Gasteiger partial charge < -0.3 is 14.4 Å².